The number of fused-ring (bicyclic) bond motifs is 1. The van der Waals surface area contributed by atoms with Crippen LogP contribution >= 0.6 is 0 Å². The fraction of sp³-hybridized carbons (Fsp3) is 0.684. The van der Waals surface area contributed by atoms with Gasteiger partial charge in [-0.3, -0.25) is 4.90 Å². The summed E-state index contributed by atoms with van der Waals surface area (Å²) in [5, 5.41) is 0. The molecule has 2 heteroatoms. The largest absolute Gasteiger partial charge is 0.330 e. The first-order valence-corrected chi connectivity index (χ1v) is 8.86. The van der Waals surface area contributed by atoms with E-state index < -0.39 is 0 Å². The molecule has 3 rings (SSSR count). The van der Waals surface area contributed by atoms with Gasteiger partial charge in [0.15, 0.2) is 0 Å². The molecular weight excluding hydrogens is 256 g/mol. The quantitative estimate of drug-likeness (QED) is 0.919. The van der Waals surface area contributed by atoms with Gasteiger partial charge in [0.05, 0.1) is 0 Å². The molecule has 0 heterocycles. The van der Waals surface area contributed by atoms with Gasteiger partial charge in [-0.25, -0.2) is 0 Å². The van der Waals surface area contributed by atoms with Crippen molar-refractivity contribution in [3.8, 4) is 0 Å². The van der Waals surface area contributed by atoms with E-state index in [0.717, 1.165) is 24.5 Å². The molecule has 0 spiro atoms. The monoisotopic (exact) mass is 286 g/mol. The van der Waals surface area contributed by atoms with Gasteiger partial charge in [0.1, 0.15) is 0 Å². The zero-order valence-electron chi connectivity index (χ0n) is 13.4. The third-order valence-corrected chi connectivity index (χ3v) is 5.75. The fourth-order valence-electron chi connectivity index (χ4n) is 4.62. The smallest absolute Gasteiger partial charge is 0.0142 e. The number of likely N-dealkylation sites (N-methyl/N-ethyl adjacent to an activating group) is 1. The van der Waals surface area contributed by atoms with Crippen molar-refractivity contribution in [2.45, 2.75) is 64.0 Å². The number of aryl methyl sites for hydroxylation is 1. The summed E-state index contributed by atoms with van der Waals surface area (Å²) in [7, 11) is 0. The minimum atomic E-state index is 0.718. The molecule has 0 aliphatic heterocycles. The highest BCUT2D eigenvalue weighted by molar-refractivity contribution is 5.30. The molecule has 116 valence electrons. The Morgan fingerprint density at radius 1 is 1.10 bits per heavy atom. The van der Waals surface area contributed by atoms with Crippen LogP contribution in [0.3, 0.4) is 0 Å². The summed E-state index contributed by atoms with van der Waals surface area (Å²) in [6.45, 7) is 4.38. The van der Waals surface area contributed by atoms with Crippen LogP contribution < -0.4 is 5.73 Å². The average molecular weight is 286 g/mol. The molecule has 1 fully saturated rings. The van der Waals surface area contributed by atoms with Crippen molar-refractivity contribution in [1.29, 1.82) is 0 Å². The van der Waals surface area contributed by atoms with Crippen LogP contribution in [0.25, 0.3) is 0 Å². The molecule has 1 aromatic carbocycles. The Labute approximate surface area is 129 Å². The number of nitrogens with zero attached hydrogens (tertiary/aromatic N) is 1. The Kier molecular flexibility index (Phi) is 4.97. The van der Waals surface area contributed by atoms with Gasteiger partial charge in [0, 0.05) is 12.1 Å². The van der Waals surface area contributed by atoms with Crippen LogP contribution in [0.4, 0.5) is 0 Å². The molecule has 2 nitrogen and oxygen atoms in total. The normalized spacial score (nSPS) is 29.4. The van der Waals surface area contributed by atoms with E-state index in [1.165, 1.54) is 51.5 Å². The van der Waals surface area contributed by atoms with Crippen LogP contribution in [0.2, 0.25) is 0 Å². The second kappa shape index (κ2) is 6.93. The maximum atomic E-state index is 6.07. The predicted octanol–water partition coefficient (Wildman–Crippen LogP) is 3.38. The van der Waals surface area contributed by atoms with E-state index in [0.29, 0.717) is 0 Å². The molecule has 2 aliphatic carbocycles. The lowest BCUT2D eigenvalue weighted by Crippen LogP contribution is -2.51. The summed E-state index contributed by atoms with van der Waals surface area (Å²) < 4.78 is 0. The second-order valence-corrected chi connectivity index (χ2v) is 6.84. The van der Waals surface area contributed by atoms with Gasteiger partial charge in [-0.15, -0.1) is 0 Å². The van der Waals surface area contributed by atoms with Crippen molar-refractivity contribution in [3.05, 3.63) is 35.4 Å². The van der Waals surface area contributed by atoms with E-state index in [9.17, 15) is 0 Å². The summed E-state index contributed by atoms with van der Waals surface area (Å²) >= 11 is 0. The summed E-state index contributed by atoms with van der Waals surface area (Å²) in [5.74, 6) is 0.718. The topological polar surface area (TPSA) is 29.3 Å². The zero-order valence-corrected chi connectivity index (χ0v) is 13.4. The van der Waals surface area contributed by atoms with Gasteiger partial charge in [-0.2, -0.15) is 0 Å². The number of nitrogens with two attached hydrogens (primary N) is 1. The summed E-state index contributed by atoms with van der Waals surface area (Å²) in [6.07, 6.45) is 9.26. The van der Waals surface area contributed by atoms with E-state index >= 15 is 0 Å². The van der Waals surface area contributed by atoms with Crippen LogP contribution in [0.1, 0.15) is 50.2 Å². The molecule has 0 bridgehead atoms. The van der Waals surface area contributed by atoms with Gasteiger partial charge >= 0.3 is 0 Å². The van der Waals surface area contributed by atoms with E-state index in [-0.39, 0.29) is 0 Å². The summed E-state index contributed by atoms with van der Waals surface area (Å²) in [6, 6.07) is 10.5. The highest BCUT2D eigenvalue weighted by Gasteiger charge is 2.33. The van der Waals surface area contributed by atoms with Crippen LogP contribution in [-0.4, -0.2) is 30.1 Å². The van der Waals surface area contributed by atoms with E-state index in [1.54, 1.807) is 11.1 Å². The minimum absolute atomic E-state index is 0.718. The number of hydrogen-bond donors (Lipinski definition) is 1. The Balaban J connectivity index is 1.75. The second-order valence-electron chi connectivity index (χ2n) is 6.84. The van der Waals surface area contributed by atoms with Crippen molar-refractivity contribution >= 4 is 0 Å². The molecule has 1 aromatic rings. The third-order valence-electron chi connectivity index (χ3n) is 5.75. The van der Waals surface area contributed by atoms with Gasteiger partial charge in [0.25, 0.3) is 0 Å². The van der Waals surface area contributed by atoms with Crippen molar-refractivity contribution in [2.75, 3.05) is 13.1 Å². The molecule has 0 aromatic heterocycles. The Morgan fingerprint density at radius 2 is 1.86 bits per heavy atom. The lowest BCUT2D eigenvalue weighted by molar-refractivity contribution is 0.0639. The van der Waals surface area contributed by atoms with Gasteiger partial charge < -0.3 is 5.73 Å². The summed E-state index contributed by atoms with van der Waals surface area (Å²) in [5.41, 5.74) is 9.21. The highest BCUT2D eigenvalue weighted by Crippen LogP contribution is 2.32. The Morgan fingerprint density at radius 3 is 2.62 bits per heavy atom. The Bertz CT molecular complexity index is 457. The van der Waals surface area contributed by atoms with E-state index in [2.05, 4.69) is 36.1 Å². The molecule has 0 amide bonds. The zero-order chi connectivity index (χ0) is 14.7. The van der Waals surface area contributed by atoms with Crippen LogP contribution in [-0.2, 0) is 12.8 Å². The molecular formula is C19H30N2. The maximum absolute atomic E-state index is 6.07. The molecule has 0 saturated heterocycles. The molecule has 1 saturated carbocycles. The van der Waals surface area contributed by atoms with Crippen molar-refractivity contribution in [2.24, 2.45) is 11.7 Å². The molecule has 0 radical (unpaired) electrons. The number of benzene rings is 1. The lowest BCUT2D eigenvalue weighted by atomic mass is 9.80. The summed E-state index contributed by atoms with van der Waals surface area (Å²) in [4.78, 5) is 2.80. The van der Waals surface area contributed by atoms with Gasteiger partial charge in [0.2, 0.25) is 0 Å². The lowest BCUT2D eigenvalue weighted by Gasteiger charge is -2.45. The Hall–Kier alpha value is -0.860. The molecule has 2 N–H and O–H groups in total. The van der Waals surface area contributed by atoms with E-state index in [1.807, 2.05) is 0 Å². The fourth-order valence-corrected chi connectivity index (χ4v) is 4.62. The van der Waals surface area contributed by atoms with Crippen molar-refractivity contribution in [1.82, 2.24) is 4.90 Å². The third kappa shape index (κ3) is 3.17. The standard InChI is InChI=1S/C19H30N2/c1-2-21(19-10-6-5-9-17(19)14-20)18-12-11-15-7-3-4-8-16(15)13-18/h3-4,7-8,17-19H,2,5-6,9-14,20H2,1H3. The molecule has 3 unspecified atom stereocenters. The molecule has 3 atom stereocenters. The van der Waals surface area contributed by atoms with Crippen LogP contribution in [0.15, 0.2) is 24.3 Å². The first-order valence-electron chi connectivity index (χ1n) is 8.86. The minimum Gasteiger partial charge on any atom is -0.330 e. The van der Waals surface area contributed by atoms with Gasteiger partial charge in [-0.05, 0) is 62.2 Å². The first-order chi connectivity index (χ1) is 10.3. The van der Waals surface area contributed by atoms with Crippen LogP contribution in [0.5, 0.6) is 0 Å². The number of hydrogen-bond acceptors (Lipinski definition) is 2. The number of rotatable bonds is 4. The van der Waals surface area contributed by atoms with Crippen molar-refractivity contribution in [3.63, 3.8) is 0 Å². The van der Waals surface area contributed by atoms with E-state index in [4.69, 9.17) is 5.73 Å². The van der Waals surface area contributed by atoms with Gasteiger partial charge in [-0.1, -0.05) is 44.0 Å². The molecule has 2 aliphatic rings. The molecule has 21 heavy (non-hydrogen) atoms. The van der Waals surface area contributed by atoms with Crippen LogP contribution in [0, 0.1) is 5.92 Å². The maximum Gasteiger partial charge on any atom is 0.0142 e. The highest BCUT2D eigenvalue weighted by atomic mass is 15.2. The SMILES string of the molecule is CCN(C1CCc2ccccc2C1)C1CCCCC1CN. The average Bonchev–Trinajstić information content (AvgIpc) is 2.56. The first kappa shape index (κ1) is 15.1. The predicted molar refractivity (Wildman–Crippen MR) is 89.4 cm³/mol. The van der Waals surface area contributed by atoms with Crippen molar-refractivity contribution < 1.29 is 0 Å².